The van der Waals surface area contributed by atoms with Crippen LogP contribution in [0.3, 0.4) is 0 Å². The fourth-order valence-corrected chi connectivity index (χ4v) is 5.30. The first-order valence-corrected chi connectivity index (χ1v) is 13.3. The Labute approximate surface area is 222 Å². The highest BCUT2D eigenvalue weighted by atomic mass is 16.6. The van der Waals surface area contributed by atoms with E-state index < -0.39 is 11.6 Å². The summed E-state index contributed by atoms with van der Waals surface area (Å²) in [4.78, 5) is 37.0. The molecule has 1 amide bonds. The minimum Gasteiger partial charge on any atom is -0.481 e. The van der Waals surface area contributed by atoms with Gasteiger partial charge in [-0.2, -0.15) is 4.98 Å². The van der Waals surface area contributed by atoms with Crippen LogP contribution in [0.5, 0.6) is 0 Å². The van der Waals surface area contributed by atoms with E-state index in [1.165, 1.54) is 0 Å². The van der Waals surface area contributed by atoms with Crippen LogP contribution in [0.1, 0.15) is 46.5 Å². The molecule has 1 aliphatic carbocycles. The lowest BCUT2D eigenvalue weighted by Crippen LogP contribution is -2.50. The Bertz CT molecular complexity index is 1300. The summed E-state index contributed by atoms with van der Waals surface area (Å²) in [6.07, 6.45) is 6.44. The third-order valence-corrected chi connectivity index (χ3v) is 7.28. The Morgan fingerprint density at radius 3 is 2.45 bits per heavy atom. The molecule has 2 N–H and O–H groups in total. The van der Waals surface area contributed by atoms with Gasteiger partial charge in [-0.1, -0.05) is 6.07 Å². The maximum Gasteiger partial charge on any atom is 0.410 e. The molecule has 1 saturated heterocycles. The first-order chi connectivity index (χ1) is 18.2. The van der Waals surface area contributed by atoms with Gasteiger partial charge in [0.2, 0.25) is 5.95 Å². The van der Waals surface area contributed by atoms with Gasteiger partial charge in [0, 0.05) is 55.7 Å². The Kier molecular flexibility index (Phi) is 7.14. The average Bonchev–Trinajstić information content (AvgIpc) is 3.33. The van der Waals surface area contributed by atoms with Crippen LogP contribution >= 0.6 is 0 Å². The maximum absolute atomic E-state index is 12.5. The largest absolute Gasteiger partial charge is 0.481 e. The van der Waals surface area contributed by atoms with E-state index in [1.807, 2.05) is 33.0 Å². The van der Waals surface area contributed by atoms with Crippen molar-refractivity contribution in [1.82, 2.24) is 19.4 Å². The number of carbonyl (C=O) groups is 2. The number of aliphatic carboxylic acids is 1. The normalized spacial score (nSPS) is 20.4. The van der Waals surface area contributed by atoms with Gasteiger partial charge in [0.25, 0.3) is 0 Å². The number of nitrogens with one attached hydrogen (secondary N) is 1. The zero-order valence-corrected chi connectivity index (χ0v) is 22.3. The lowest BCUT2D eigenvalue weighted by atomic mass is 9.86. The van der Waals surface area contributed by atoms with Crippen LogP contribution in [0.15, 0.2) is 42.7 Å². The van der Waals surface area contributed by atoms with Gasteiger partial charge < -0.3 is 29.5 Å². The number of hydrogen-bond acceptors (Lipinski definition) is 7. The smallest absolute Gasteiger partial charge is 0.410 e. The van der Waals surface area contributed by atoms with E-state index in [1.54, 1.807) is 11.1 Å². The van der Waals surface area contributed by atoms with E-state index in [2.05, 4.69) is 44.0 Å². The number of nitrogens with zero attached hydrogens (tertiary/aromatic N) is 5. The van der Waals surface area contributed by atoms with Gasteiger partial charge in [-0.15, -0.1) is 0 Å². The summed E-state index contributed by atoms with van der Waals surface area (Å²) in [5.74, 6) is 0.368. The summed E-state index contributed by atoms with van der Waals surface area (Å²) in [5, 5.41) is 13.8. The Balaban J connectivity index is 1.29. The molecule has 0 atom stereocenters. The number of hydrogen-bond donors (Lipinski definition) is 2. The fraction of sp³-hybridized carbons (Fsp3) is 0.500. The second-order valence-corrected chi connectivity index (χ2v) is 11.1. The quantitative estimate of drug-likeness (QED) is 0.505. The lowest BCUT2D eigenvalue weighted by Gasteiger charge is -2.37. The van der Waals surface area contributed by atoms with Gasteiger partial charge >= 0.3 is 12.1 Å². The molecule has 202 valence electrons. The van der Waals surface area contributed by atoms with Crippen LogP contribution in [-0.4, -0.2) is 74.4 Å². The van der Waals surface area contributed by atoms with Crippen molar-refractivity contribution >= 4 is 34.6 Å². The fourth-order valence-electron chi connectivity index (χ4n) is 5.30. The number of carbonyl (C=O) groups excluding carboxylic acids is 1. The molecule has 10 nitrogen and oxygen atoms in total. The number of benzene rings is 1. The monoisotopic (exact) mass is 520 g/mol. The summed E-state index contributed by atoms with van der Waals surface area (Å²) < 4.78 is 7.60. The van der Waals surface area contributed by atoms with Gasteiger partial charge in [-0.3, -0.25) is 4.79 Å². The van der Waals surface area contributed by atoms with E-state index in [0.29, 0.717) is 31.9 Å². The van der Waals surface area contributed by atoms with E-state index >= 15 is 0 Å². The summed E-state index contributed by atoms with van der Waals surface area (Å²) in [6, 6.07) is 10.4. The Morgan fingerprint density at radius 1 is 1.03 bits per heavy atom. The molecule has 2 aromatic heterocycles. The van der Waals surface area contributed by atoms with Crippen molar-refractivity contribution in [3.63, 3.8) is 0 Å². The molecule has 3 aromatic rings. The number of anilines is 2. The predicted octanol–water partition coefficient (Wildman–Crippen LogP) is 4.53. The van der Waals surface area contributed by atoms with E-state index in [9.17, 15) is 14.7 Å². The molecule has 10 heteroatoms. The van der Waals surface area contributed by atoms with Crippen LogP contribution in [0.25, 0.3) is 16.7 Å². The molecule has 3 heterocycles. The second-order valence-electron chi connectivity index (χ2n) is 11.1. The highest BCUT2D eigenvalue weighted by Gasteiger charge is 2.28. The van der Waals surface area contributed by atoms with Crippen molar-refractivity contribution in [3.05, 3.63) is 42.7 Å². The van der Waals surface area contributed by atoms with Crippen LogP contribution in [-0.2, 0) is 9.53 Å². The predicted molar refractivity (Wildman–Crippen MR) is 146 cm³/mol. The number of carboxylic acids is 1. The molecule has 2 aliphatic rings. The molecule has 38 heavy (non-hydrogen) atoms. The van der Waals surface area contributed by atoms with Crippen LogP contribution in [0, 0.1) is 5.92 Å². The minimum absolute atomic E-state index is 0.174. The molecule has 1 saturated carbocycles. The summed E-state index contributed by atoms with van der Waals surface area (Å²) in [5.41, 5.74) is 1.68. The number of amides is 1. The van der Waals surface area contributed by atoms with Crippen molar-refractivity contribution in [3.8, 4) is 5.82 Å². The number of piperazine rings is 1. The van der Waals surface area contributed by atoms with E-state index in [0.717, 1.165) is 48.3 Å². The van der Waals surface area contributed by atoms with Crippen molar-refractivity contribution in [2.75, 3.05) is 36.4 Å². The van der Waals surface area contributed by atoms with Gasteiger partial charge in [0.15, 0.2) is 0 Å². The molecule has 1 aromatic carbocycles. The number of carboxylic acid groups (broad SMARTS) is 1. The van der Waals surface area contributed by atoms with Crippen molar-refractivity contribution < 1.29 is 19.4 Å². The number of fused-ring (bicyclic) bond motifs is 1. The SMILES string of the molecule is CC(C)(C)OC(=O)N1CCN(c2cccc3c2ccn3-c2ccnc(NC3CCC(C(=O)O)CC3)n2)CC1. The third kappa shape index (κ3) is 5.69. The molecular weight excluding hydrogens is 484 g/mol. The van der Waals surface area contributed by atoms with Crippen LogP contribution < -0.4 is 10.2 Å². The lowest BCUT2D eigenvalue weighted by molar-refractivity contribution is -0.142. The van der Waals surface area contributed by atoms with Gasteiger partial charge in [-0.25, -0.2) is 9.78 Å². The average molecular weight is 521 g/mol. The van der Waals surface area contributed by atoms with Crippen LogP contribution in [0.2, 0.25) is 0 Å². The minimum atomic E-state index is -0.703. The Hall–Kier alpha value is -3.82. The van der Waals surface area contributed by atoms with Crippen molar-refractivity contribution in [1.29, 1.82) is 0 Å². The topological polar surface area (TPSA) is 113 Å². The first-order valence-electron chi connectivity index (χ1n) is 13.3. The van der Waals surface area contributed by atoms with Crippen molar-refractivity contribution in [2.45, 2.75) is 58.1 Å². The molecule has 1 aliphatic heterocycles. The van der Waals surface area contributed by atoms with Crippen LogP contribution in [0.4, 0.5) is 16.4 Å². The highest BCUT2D eigenvalue weighted by Crippen LogP contribution is 2.31. The Morgan fingerprint density at radius 2 is 1.76 bits per heavy atom. The standard InChI is InChI=1S/C28H36N6O4/c1-28(2,3)38-27(37)33-17-15-32(16-18-33)22-5-4-6-23-21(22)12-14-34(23)24-11-13-29-26(31-24)30-20-9-7-19(8-10-20)25(35)36/h4-6,11-14,19-20H,7-10,15-18H2,1-3H3,(H,35,36)(H,29,30,31). The summed E-state index contributed by atoms with van der Waals surface area (Å²) >= 11 is 0. The number of rotatable bonds is 5. The second kappa shape index (κ2) is 10.5. The summed E-state index contributed by atoms with van der Waals surface area (Å²) in [6.45, 7) is 8.34. The van der Waals surface area contributed by atoms with Gasteiger partial charge in [0.05, 0.1) is 11.4 Å². The van der Waals surface area contributed by atoms with Crippen molar-refractivity contribution in [2.24, 2.45) is 5.92 Å². The molecular formula is C28H36N6O4. The molecule has 0 bridgehead atoms. The first kappa shape index (κ1) is 25.8. The highest BCUT2D eigenvalue weighted by molar-refractivity contribution is 5.94. The van der Waals surface area contributed by atoms with Gasteiger partial charge in [-0.05, 0) is 70.7 Å². The molecule has 2 fully saturated rings. The maximum atomic E-state index is 12.5. The molecule has 5 rings (SSSR count). The van der Waals surface area contributed by atoms with E-state index in [-0.39, 0.29) is 18.1 Å². The van der Waals surface area contributed by atoms with E-state index in [4.69, 9.17) is 9.72 Å². The molecule has 0 unspecified atom stereocenters. The molecule has 0 spiro atoms. The molecule has 0 radical (unpaired) electrons. The zero-order chi connectivity index (χ0) is 26.9. The zero-order valence-electron chi connectivity index (χ0n) is 22.3. The number of ether oxygens (including phenoxy) is 1. The van der Waals surface area contributed by atoms with Gasteiger partial charge in [0.1, 0.15) is 11.4 Å². The third-order valence-electron chi connectivity index (χ3n) is 7.28. The summed E-state index contributed by atoms with van der Waals surface area (Å²) in [7, 11) is 0. The number of aromatic nitrogens is 3.